The summed E-state index contributed by atoms with van der Waals surface area (Å²) < 4.78 is 24.2. The average molecular weight is 284 g/mol. The molecule has 0 aromatic heterocycles. The fourth-order valence-corrected chi connectivity index (χ4v) is 2.42. The van der Waals surface area contributed by atoms with Gasteiger partial charge < -0.3 is 5.32 Å². The van der Waals surface area contributed by atoms with Gasteiger partial charge in [-0.1, -0.05) is 12.1 Å². The summed E-state index contributed by atoms with van der Waals surface area (Å²) in [6, 6.07) is 4.42. The van der Waals surface area contributed by atoms with Crippen LogP contribution in [0.5, 0.6) is 0 Å². The second-order valence-electron chi connectivity index (χ2n) is 5.06. The van der Waals surface area contributed by atoms with E-state index in [0.717, 1.165) is 19.5 Å². The van der Waals surface area contributed by atoms with Crippen LogP contribution in [0.4, 0.5) is 0 Å². The average Bonchev–Trinajstić information content (AvgIpc) is 2.28. The highest BCUT2D eigenvalue weighted by Crippen LogP contribution is 2.14. The molecule has 19 heavy (non-hydrogen) atoms. The molecule has 1 rings (SSSR count). The van der Waals surface area contributed by atoms with Crippen LogP contribution in [0.3, 0.4) is 0 Å². The highest BCUT2D eigenvalue weighted by atomic mass is 32.2. The molecule has 108 valence electrons. The zero-order valence-corrected chi connectivity index (χ0v) is 13.0. The van der Waals surface area contributed by atoms with Crippen molar-refractivity contribution in [1.29, 1.82) is 0 Å². The van der Waals surface area contributed by atoms with Crippen molar-refractivity contribution in [3.05, 3.63) is 34.4 Å². The number of aryl methyl sites for hydroxylation is 3. The quantitative estimate of drug-likeness (QED) is 0.748. The Labute approximate surface area is 116 Å². The van der Waals surface area contributed by atoms with Crippen molar-refractivity contribution in [3.63, 3.8) is 0 Å². The van der Waals surface area contributed by atoms with Gasteiger partial charge in [-0.25, -0.2) is 13.1 Å². The Balaban J connectivity index is 2.32. The van der Waals surface area contributed by atoms with Crippen molar-refractivity contribution in [2.75, 3.05) is 19.3 Å². The van der Waals surface area contributed by atoms with E-state index in [1.807, 2.05) is 0 Å². The van der Waals surface area contributed by atoms with E-state index in [1.165, 1.54) is 28.5 Å². The van der Waals surface area contributed by atoms with Crippen molar-refractivity contribution in [2.45, 2.75) is 33.7 Å². The molecule has 2 N–H and O–H groups in total. The number of benzene rings is 1. The first-order chi connectivity index (χ1) is 8.79. The van der Waals surface area contributed by atoms with Gasteiger partial charge in [-0.2, -0.15) is 0 Å². The summed E-state index contributed by atoms with van der Waals surface area (Å²) in [5, 5.41) is 3.34. The first kappa shape index (κ1) is 16.1. The van der Waals surface area contributed by atoms with Crippen molar-refractivity contribution >= 4 is 10.0 Å². The molecule has 0 radical (unpaired) electrons. The molecule has 0 atom stereocenters. The molecule has 0 bridgehead atoms. The minimum absolute atomic E-state index is 0.484. The van der Waals surface area contributed by atoms with E-state index in [2.05, 4.69) is 42.9 Å². The molecule has 0 unspecified atom stereocenters. The standard InChI is InChI=1S/C14H24N2O2S/c1-11-8-13(3)14(9-12(11)2)10-15-6-5-7-16-19(4,17)18/h8-9,15-16H,5-7,10H2,1-4H3. The largest absolute Gasteiger partial charge is 0.313 e. The van der Waals surface area contributed by atoms with Crippen LogP contribution in [-0.4, -0.2) is 27.8 Å². The maximum Gasteiger partial charge on any atom is 0.208 e. The van der Waals surface area contributed by atoms with Gasteiger partial charge in [0.15, 0.2) is 0 Å². The maximum atomic E-state index is 10.9. The van der Waals surface area contributed by atoms with Gasteiger partial charge in [0.05, 0.1) is 6.26 Å². The van der Waals surface area contributed by atoms with Crippen LogP contribution in [-0.2, 0) is 16.6 Å². The Morgan fingerprint density at radius 1 is 1.00 bits per heavy atom. The van der Waals surface area contributed by atoms with Crippen LogP contribution in [0.15, 0.2) is 12.1 Å². The molecule has 0 heterocycles. The smallest absolute Gasteiger partial charge is 0.208 e. The summed E-state index contributed by atoms with van der Waals surface area (Å²) in [5.74, 6) is 0. The Bertz CT molecular complexity index is 524. The first-order valence-electron chi connectivity index (χ1n) is 6.51. The lowest BCUT2D eigenvalue weighted by Crippen LogP contribution is -2.26. The number of rotatable bonds is 7. The van der Waals surface area contributed by atoms with Gasteiger partial charge in [-0.3, -0.25) is 0 Å². The molecule has 0 aliphatic rings. The molecule has 0 amide bonds. The zero-order valence-electron chi connectivity index (χ0n) is 12.2. The van der Waals surface area contributed by atoms with Crippen molar-refractivity contribution in [2.24, 2.45) is 0 Å². The summed E-state index contributed by atoms with van der Waals surface area (Å²) in [5.41, 5.74) is 5.23. The summed E-state index contributed by atoms with van der Waals surface area (Å²) >= 11 is 0. The monoisotopic (exact) mass is 284 g/mol. The van der Waals surface area contributed by atoms with E-state index >= 15 is 0 Å². The van der Waals surface area contributed by atoms with Crippen LogP contribution in [0, 0.1) is 20.8 Å². The Kier molecular flexibility index (Phi) is 5.97. The summed E-state index contributed by atoms with van der Waals surface area (Å²) in [4.78, 5) is 0. The number of sulfonamides is 1. The predicted molar refractivity (Wildman–Crippen MR) is 79.8 cm³/mol. The van der Waals surface area contributed by atoms with E-state index in [4.69, 9.17) is 0 Å². The Morgan fingerprint density at radius 2 is 1.63 bits per heavy atom. The van der Waals surface area contributed by atoms with E-state index in [0.29, 0.717) is 6.54 Å². The first-order valence-corrected chi connectivity index (χ1v) is 8.41. The van der Waals surface area contributed by atoms with Gasteiger partial charge in [-0.05, 0) is 56.0 Å². The Morgan fingerprint density at radius 3 is 2.26 bits per heavy atom. The third-order valence-electron chi connectivity index (χ3n) is 3.16. The third-order valence-corrected chi connectivity index (χ3v) is 3.89. The minimum atomic E-state index is -3.06. The Hall–Kier alpha value is -0.910. The van der Waals surface area contributed by atoms with E-state index in [-0.39, 0.29) is 0 Å². The van der Waals surface area contributed by atoms with Gasteiger partial charge in [0.1, 0.15) is 0 Å². The second-order valence-corrected chi connectivity index (χ2v) is 6.89. The SMILES string of the molecule is Cc1cc(C)c(CNCCCNS(C)(=O)=O)cc1C. The fraction of sp³-hybridized carbons (Fsp3) is 0.571. The molecule has 4 nitrogen and oxygen atoms in total. The van der Waals surface area contributed by atoms with Crippen LogP contribution in [0.25, 0.3) is 0 Å². The summed E-state index contributed by atoms with van der Waals surface area (Å²) in [6.07, 6.45) is 1.97. The highest BCUT2D eigenvalue weighted by Gasteiger charge is 2.02. The summed E-state index contributed by atoms with van der Waals surface area (Å²) in [7, 11) is -3.06. The number of nitrogens with one attached hydrogen (secondary N) is 2. The fourth-order valence-electron chi connectivity index (χ4n) is 1.90. The molecular formula is C14H24N2O2S. The molecular weight excluding hydrogens is 260 g/mol. The van der Waals surface area contributed by atoms with Gasteiger partial charge in [-0.15, -0.1) is 0 Å². The molecule has 0 saturated heterocycles. The number of hydrogen-bond acceptors (Lipinski definition) is 3. The normalized spacial score (nSPS) is 11.8. The predicted octanol–water partition coefficient (Wildman–Crippen LogP) is 1.64. The van der Waals surface area contributed by atoms with Crippen LogP contribution >= 0.6 is 0 Å². The van der Waals surface area contributed by atoms with Crippen LogP contribution in [0.2, 0.25) is 0 Å². The van der Waals surface area contributed by atoms with Gasteiger partial charge in [0.25, 0.3) is 0 Å². The molecule has 5 heteroatoms. The lowest BCUT2D eigenvalue weighted by atomic mass is 10.0. The van der Waals surface area contributed by atoms with Gasteiger partial charge in [0.2, 0.25) is 10.0 Å². The van der Waals surface area contributed by atoms with Gasteiger partial charge >= 0.3 is 0 Å². The third kappa shape index (κ3) is 6.18. The molecule has 0 saturated carbocycles. The zero-order chi connectivity index (χ0) is 14.5. The van der Waals surface area contributed by atoms with Crippen molar-refractivity contribution in [1.82, 2.24) is 10.0 Å². The molecule has 1 aromatic rings. The van der Waals surface area contributed by atoms with Crippen LogP contribution < -0.4 is 10.0 Å². The van der Waals surface area contributed by atoms with E-state index in [9.17, 15) is 8.42 Å². The molecule has 1 aromatic carbocycles. The van der Waals surface area contributed by atoms with Crippen LogP contribution in [0.1, 0.15) is 28.7 Å². The summed E-state index contributed by atoms with van der Waals surface area (Å²) in [6.45, 7) is 8.47. The van der Waals surface area contributed by atoms with Gasteiger partial charge in [0, 0.05) is 13.1 Å². The van der Waals surface area contributed by atoms with Crippen molar-refractivity contribution in [3.8, 4) is 0 Å². The maximum absolute atomic E-state index is 10.9. The minimum Gasteiger partial charge on any atom is -0.313 e. The lowest BCUT2D eigenvalue weighted by Gasteiger charge is -2.11. The lowest BCUT2D eigenvalue weighted by molar-refractivity contribution is 0.579. The number of hydrogen-bond donors (Lipinski definition) is 2. The molecule has 0 spiro atoms. The van der Waals surface area contributed by atoms with E-state index in [1.54, 1.807) is 0 Å². The molecule has 0 aliphatic carbocycles. The second kappa shape index (κ2) is 7.03. The van der Waals surface area contributed by atoms with Crippen molar-refractivity contribution < 1.29 is 8.42 Å². The van der Waals surface area contributed by atoms with E-state index < -0.39 is 10.0 Å². The molecule has 0 aliphatic heterocycles. The highest BCUT2D eigenvalue weighted by molar-refractivity contribution is 7.88. The molecule has 0 fully saturated rings. The topological polar surface area (TPSA) is 58.2 Å².